The highest BCUT2D eigenvalue weighted by Gasteiger charge is 2.37. The van der Waals surface area contributed by atoms with Gasteiger partial charge < -0.3 is 5.32 Å². The molecule has 0 unspecified atom stereocenters. The quantitative estimate of drug-likeness (QED) is 0.868. The fourth-order valence-electron chi connectivity index (χ4n) is 1.55. The van der Waals surface area contributed by atoms with Crippen LogP contribution in [0.4, 0.5) is 0 Å². The molecule has 1 saturated heterocycles. The molecule has 0 aromatic carbocycles. The Morgan fingerprint density at radius 3 is 2.83 bits per heavy atom. The summed E-state index contributed by atoms with van der Waals surface area (Å²) in [5, 5.41) is 3.44. The molecule has 1 amide bonds. The highest BCUT2D eigenvalue weighted by molar-refractivity contribution is 7.88. The van der Waals surface area contributed by atoms with Gasteiger partial charge in [0.1, 0.15) is 9.34 Å². The van der Waals surface area contributed by atoms with Crippen molar-refractivity contribution in [3.05, 3.63) is 15.5 Å². The molecule has 1 aliphatic heterocycles. The van der Waals surface area contributed by atoms with Gasteiger partial charge >= 0.3 is 0 Å². The summed E-state index contributed by atoms with van der Waals surface area (Å²) in [6, 6.07) is 0. The highest BCUT2D eigenvalue weighted by Crippen LogP contribution is 2.20. The molecule has 1 fully saturated rings. The third-order valence-electron chi connectivity index (χ3n) is 2.63. The highest BCUT2D eigenvalue weighted by atomic mass is 35.5. The number of hydrogen-bond acceptors (Lipinski definition) is 5. The molecular weight excluding hydrogens is 298 g/mol. The normalized spacial score (nSPS) is 17.4. The van der Waals surface area contributed by atoms with Crippen LogP contribution in [0.2, 0.25) is 4.34 Å². The summed E-state index contributed by atoms with van der Waals surface area (Å²) in [6.07, 6.45) is 2.67. The Labute approximate surface area is 114 Å². The van der Waals surface area contributed by atoms with Crippen LogP contribution in [-0.4, -0.2) is 43.0 Å². The van der Waals surface area contributed by atoms with Gasteiger partial charge in [-0.05, 0) is 0 Å². The van der Waals surface area contributed by atoms with Crippen molar-refractivity contribution in [2.75, 3.05) is 19.3 Å². The lowest BCUT2D eigenvalue weighted by Crippen LogP contribution is -2.55. The predicted molar refractivity (Wildman–Crippen MR) is 68.9 cm³/mol. The number of thiazole rings is 1. The van der Waals surface area contributed by atoms with Crippen LogP contribution in [0.5, 0.6) is 0 Å². The number of carbonyl (C=O) groups is 1. The van der Waals surface area contributed by atoms with E-state index in [1.54, 1.807) is 0 Å². The van der Waals surface area contributed by atoms with Crippen LogP contribution in [0.25, 0.3) is 0 Å². The van der Waals surface area contributed by atoms with E-state index < -0.39 is 10.0 Å². The molecule has 0 bridgehead atoms. The molecular formula is C9H12ClN3O3S2. The van der Waals surface area contributed by atoms with Crippen LogP contribution in [0.1, 0.15) is 5.01 Å². The first kappa shape index (κ1) is 13.7. The van der Waals surface area contributed by atoms with E-state index in [0.717, 1.165) is 11.3 Å². The summed E-state index contributed by atoms with van der Waals surface area (Å²) in [5.41, 5.74) is 0. The van der Waals surface area contributed by atoms with Gasteiger partial charge in [-0.2, -0.15) is 0 Å². The van der Waals surface area contributed by atoms with Gasteiger partial charge in [-0.15, -0.1) is 11.3 Å². The first-order valence-electron chi connectivity index (χ1n) is 5.19. The maximum Gasteiger partial charge on any atom is 0.226 e. The Hall–Kier alpha value is -0.700. The Balaban J connectivity index is 1.78. The predicted octanol–water partition coefficient (Wildman–Crippen LogP) is 0.304. The molecule has 9 heteroatoms. The number of nitrogens with one attached hydrogen (secondary N) is 1. The molecule has 0 radical (unpaired) electrons. The van der Waals surface area contributed by atoms with Crippen molar-refractivity contribution in [2.45, 2.75) is 6.54 Å². The van der Waals surface area contributed by atoms with Crippen LogP contribution in [-0.2, 0) is 21.4 Å². The topological polar surface area (TPSA) is 79.4 Å². The summed E-state index contributed by atoms with van der Waals surface area (Å²) >= 11 is 7.02. The number of nitrogens with zero attached hydrogens (tertiary/aromatic N) is 2. The first-order valence-corrected chi connectivity index (χ1v) is 8.23. The zero-order valence-electron chi connectivity index (χ0n) is 9.59. The number of sulfonamides is 1. The van der Waals surface area contributed by atoms with Gasteiger partial charge in [-0.25, -0.2) is 17.7 Å². The molecule has 6 nitrogen and oxygen atoms in total. The molecule has 1 aliphatic rings. The molecule has 1 aromatic rings. The summed E-state index contributed by atoms with van der Waals surface area (Å²) < 4.78 is 24.1. The minimum atomic E-state index is -3.17. The van der Waals surface area contributed by atoms with Crippen LogP contribution in [0.3, 0.4) is 0 Å². The lowest BCUT2D eigenvalue weighted by atomic mass is 10.0. The summed E-state index contributed by atoms with van der Waals surface area (Å²) in [6.45, 7) is 0.832. The third kappa shape index (κ3) is 3.19. The number of hydrogen-bond donors (Lipinski definition) is 1. The van der Waals surface area contributed by atoms with E-state index in [4.69, 9.17) is 11.6 Å². The van der Waals surface area contributed by atoms with Gasteiger partial charge in [-0.3, -0.25) is 4.79 Å². The molecule has 2 rings (SSSR count). The molecule has 100 valence electrons. The second-order valence-corrected chi connectivity index (χ2v) is 7.78. The standard InChI is InChI=1S/C9H12ClN3O3S2/c1-18(15,16)13-4-6(5-13)9(14)12-3-8-11-2-7(10)17-8/h2,6H,3-5H2,1H3,(H,12,14). The van der Waals surface area contributed by atoms with Gasteiger partial charge in [-0.1, -0.05) is 11.6 Å². The summed E-state index contributed by atoms with van der Waals surface area (Å²) in [5.74, 6) is -0.420. The van der Waals surface area contributed by atoms with Crippen molar-refractivity contribution < 1.29 is 13.2 Å². The number of aromatic nitrogens is 1. The minimum Gasteiger partial charge on any atom is -0.349 e. The van der Waals surface area contributed by atoms with Crippen LogP contribution in [0.15, 0.2) is 6.20 Å². The summed E-state index contributed by atoms with van der Waals surface area (Å²) in [7, 11) is -3.17. The van der Waals surface area contributed by atoms with Gasteiger partial charge in [0.25, 0.3) is 0 Å². The Morgan fingerprint density at radius 1 is 1.67 bits per heavy atom. The molecule has 0 atom stereocenters. The maximum absolute atomic E-state index is 11.7. The van der Waals surface area contributed by atoms with Gasteiger partial charge in [0.05, 0.1) is 24.9 Å². The maximum atomic E-state index is 11.7. The van der Waals surface area contributed by atoms with E-state index in [1.165, 1.54) is 21.8 Å². The smallest absolute Gasteiger partial charge is 0.226 e. The van der Waals surface area contributed by atoms with Crippen molar-refractivity contribution in [3.8, 4) is 0 Å². The largest absolute Gasteiger partial charge is 0.349 e. The number of halogens is 1. The van der Waals surface area contributed by atoms with Crippen LogP contribution >= 0.6 is 22.9 Å². The van der Waals surface area contributed by atoms with Gasteiger partial charge in [0.15, 0.2) is 0 Å². The van der Waals surface area contributed by atoms with Crippen molar-refractivity contribution >= 4 is 38.9 Å². The van der Waals surface area contributed by atoms with E-state index >= 15 is 0 Å². The van der Waals surface area contributed by atoms with Gasteiger partial charge in [0, 0.05) is 13.1 Å². The van der Waals surface area contributed by atoms with E-state index in [-0.39, 0.29) is 24.9 Å². The lowest BCUT2D eigenvalue weighted by Gasteiger charge is -2.35. The van der Waals surface area contributed by atoms with E-state index in [0.29, 0.717) is 10.9 Å². The van der Waals surface area contributed by atoms with E-state index in [2.05, 4.69) is 10.3 Å². The van der Waals surface area contributed by atoms with E-state index in [9.17, 15) is 13.2 Å². The van der Waals surface area contributed by atoms with Crippen LogP contribution < -0.4 is 5.32 Å². The molecule has 1 N–H and O–H groups in total. The van der Waals surface area contributed by atoms with Crippen molar-refractivity contribution in [3.63, 3.8) is 0 Å². The summed E-state index contributed by atoms with van der Waals surface area (Å²) in [4.78, 5) is 15.7. The SMILES string of the molecule is CS(=O)(=O)N1CC(C(=O)NCc2ncc(Cl)s2)C1. The molecule has 1 aromatic heterocycles. The average Bonchev–Trinajstić information content (AvgIpc) is 2.56. The molecule has 0 saturated carbocycles. The monoisotopic (exact) mass is 309 g/mol. The molecule has 0 aliphatic carbocycles. The molecule has 18 heavy (non-hydrogen) atoms. The zero-order valence-corrected chi connectivity index (χ0v) is 12.0. The number of amides is 1. The number of carbonyl (C=O) groups excluding carboxylic acids is 1. The van der Waals surface area contributed by atoms with Crippen molar-refractivity contribution in [2.24, 2.45) is 5.92 Å². The second kappa shape index (κ2) is 5.12. The third-order valence-corrected chi connectivity index (χ3v) is 4.98. The first-order chi connectivity index (χ1) is 8.36. The number of rotatable bonds is 4. The minimum absolute atomic E-state index is 0.152. The second-order valence-electron chi connectivity index (χ2n) is 4.05. The van der Waals surface area contributed by atoms with Crippen LogP contribution in [0, 0.1) is 5.92 Å². The molecule has 0 spiro atoms. The van der Waals surface area contributed by atoms with Crippen molar-refractivity contribution in [1.29, 1.82) is 0 Å². The van der Waals surface area contributed by atoms with Crippen molar-refractivity contribution in [1.82, 2.24) is 14.6 Å². The fraction of sp³-hybridized carbons (Fsp3) is 0.556. The fourth-order valence-corrected chi connectivity index (χ4v) is 3.35. The van der Waals surface area contributed by atoms with Gasteiger partial charge in [0.2, 0.25) is 15.9 Å². The van der Waals surface area contributed by atoms with E-state index in [1.807, 2.05) is 0 Å². The lowest BCUT2D eigenvalue weighted by molar-refractivity contribution is -0.128. The molecule has 2 heterocycles. The Morgan fingerprint density at radius 2 is 2.33 bits per heavy atom. The Kier molecular flexibility index (Phi) is 3.90. The average molecular weight is 310 g/mol. The zero-order chi connectivity index (χ0) is 13.3. The Bertz CT molecular complexity index is 551.